The van der Waals surface area contributed by atoms with Gasteiger partial charge in [-0.2, -0.15) is 0 Å². The second-order valence-corrected chi connectivity index (χ2v) is 5.43. The largest absolute Gasteiger partial charge is 0.395 e. The van der Waals surface area contributed by atoms with E-state index in [1.165, 1.54) is 12.8 Å². The molecule has 0 aromatic rings. The molecule has 1 aliphatic heterocycles. The zero-order valence-corrected chi connectivity index (χ0v) is 12.3. The molecule has 3 atom stereocenters. The molecular weight excluding hydrogens is 246 g/mol. The Balaban J connectivity index is 2.30. The third-order valence-corrected chi connectivity index (χ3v) is 3.63. The van der Waals surface area contributed by atoms with Crippen LogP contribution < -0.4 is 0 Å². The average molecular weight is 275 g/mol. The Morgan fingerprint density at radius 1 is 1.26 bits per heavy atom. The maximum atomic E-state index is 10.0. The molecule has 0 aromatic heterocycles. The molecule has 19 heavy (non-hydrogen) atoms. The fourth-order valence-electron chi connectivity index (χ4n) is 2.57. The topological polar surface area (TPSA) is 62.2 Å². The van der Waals surface area contributed by atoms with Gasteiger partial charge in [0.2, 0.25) is 0 Å². The van der Waals surface area contributed by atoms with Crippen molar-refractivity contribution in [3.63, 3.8) is 0 Å². The van der Waals surface area contributed by atoms with Crippen LogP contribution in [0.2, 0.25) is 0 Å². The lowest BCUT2D eigenvalue weighted by molar-refractivity contribution is -0.0445. The van der Waals surface area contributed by atoms with Crippen LogP contribution in [0.5, 0.6) is 0 Å². The second kappa shape index (κ2) is 9.66. The summed E-state index contributed by atoms with van der Waals surface area (Å²) < 4.78 is 10.5. The summed E-state index contributed by atoms with van der Waals surface area (Å²) in [6.07, 6.45) is 4.03. The van der Waals surface area contributed by atoms with Gasteiger partial charge in [-0.05, 0) is 26.3 Å². The summed E-state index contributed by atoms with van der Waals surface area (Å²) in [5.74, 6) is 0. The van der Waals surface area contributed by atoms with E-state index in [9.17, 15) is 10.2 Å². The first kappa shape index (κ1) is 16.9. The van der Waals surface area contributed by atoms with E-state index in [1.807, 2.05) is 6.92 Å². The molecule has 1 fully saturated rings. The molecule has 114 valence electrons. The van der Waals surface area contributed by atoms with Crippen LogP contribution in [0, 0.1) is 0 Å². The molecule has 1 saturated heterocycles. The number of hydrogen-bond acceptors (Lipinski definition) is 5. The molecule has 0 bridgehead atoms. The van der Waals surface area contributed by atoms with Gasteiger partial charge in [0.25, 0.3) is 0 Å². The highest BCUT2D eigenvalue weighted by Gasteiger charge is 2.22. The standard InChI is InChI=1S/C14H29NO4/c1-12(10-18-2)19-11-14(17)8-15-7-5-3-4-6-13(15)9-16/h12-14,16-17H,3-11H2,1-2H3. The van der Waals surface area contributed by atoms with Crippen LogP contribution in [0.25, 0.3) is 0 Å². The molecule has 0 saturated carbocycles. The van der Waals surface area contributed by atoms with Crippen molar-refractivity contribution >= 4 is 0 Å². The first-order chi connectivity index (χ1) is 9.17. The lowest BCUT2D eigenvalue weighted by Gasteiger charge is -2.30. The molecule has 1 rings (SSSR count). The first-order valence-electron chi connectivity index (χ1n) is 7.30. The summed E-state index contributed by atoms with van der Waals surface area (Å²) in [6, 6.07) is 0.188. The number of hydrogen-bond donors (Lipinski definition) is 2. The van der Waals surface area contributed by atoms with Crippen LogP contribution >= 0.6 is 0 Å². The molecule has 2 N–H and O–H groups in total. The van der Waals surface area contributed by atoms with Gasteiger partial charge in [0, 0.05) is 19.7 Å². The second-order valence-electron chi connectivity index (χ2n) is 5.43. The predicted octanol–water partition coefficient (Wildman–Crippen LogP) is 0.636. The monoisotopic (exact) mass is 275 g/mol. The van der Waals surface area contributed by atoms with Crippen molar-refractivity contribution in [3.8, 4) is 0 Å². The van der Waals surface area contributed by atoms with Crippen molar-refractivity contribution < 1.29 is 19.7 Å². The van der Waals surface area contributed by atoms with Crippen molar-refractivity contribution in [3.05, 3.63) is 0 Å². The van der Waals surface area contributed by atoms with Gasteiger partial charge >= 0.3 is 0 Å². The minimum absolute atomic E-state index is 0.00239. The quantitative estimate of drug-likeness (QED) is 0.680. The molecule has 0 aromatic carbocycles. The van der Waals surface area contributed by atoms with Crippen molar-refractivity contribution in [1.82, 2.24) is 4.90 Å². The van der Waals surface area contributed by atoms with Crippen molar-refractivity contribution in [1.29, 1.82) is 0 Å². The third kappa shape index (κ3) is 6.68. The van der Waals surface area contributed by atoms with Gasteiger partial charge in [0.05, 0.1) is 32.0 Å². The van der Waals surface area contributed by atoms with Gasteiger partial charge in [-0.3, -0.25) is 4.90 Å². The fraction of sp³-hybridized carbons (Fsp3) is 1.00. The van der Waals surface area contributed by atoms with Crippen LogP contribution in [-0.4, -0.2) is 73.4 Å². The summed E-state index contributed by atoms with van der Waals surface area (Å²) in [5.41, 5.74) is 0. The molecule has 5 heteroatoms. The molecule has 0 amide bonds. The molecule has 5 nitrogen and oxygen atoms in total. The van der Waals surface area contributed by atoms with E-state index in [0.717, 1.165) is 19.4 Å². The number of ether oxygens (including phenoxy) is 2. The Bertz CT molecular complexity index is 227. The molecule has 0 aliphatic carbocycles. The smallest absolute Gasteiger partial charge is 0.0900 e. The molecule has 0 spiro atoms. The highest BCUT2D eigenvalue weighted by atomic mass is 16.5. The first-order valence-corrected chi connectivity index (χ1v) is 7.30. The van der Waals surface area contributed by atoms with Gasteiger partial charge in [-0.1, -0.05) is 12.8 Å². The highest BCUT2D eigenvalue weighted by molar-refractivity contribution is 4.77. The van der Waals surface area contributed by atoms with E-state index in [2.05, 4.69) is 4.90 Å². The number of rotatable bonds is 8. The van der Waals surface area contributed by atoms with Gasteiger partial charge < -0.3 is 19.7 Å². The Hall–Kier alpha value is -0.200. The lowest BCUT2D eigenvalue weighted by Crippen LogP contribution is -2.43. The maximum absolute atomic E-state index is 10.0. The zero-order chi connectivity index (χ0) is 14.1. The SMILES string of the molecule is COCC(C)OCC(O)CN1CCCCCC1CO. The molecule has 1 heterocycles. The average Bonchev–Trinajstić information content (AvgIpc) is 2.62. The summed E-state index contributed by atoms with van der Waals surface area (Å²) in [4.78, 5) is 2.20. The van der Waals surface area contributed by atoms with Crippen LogP contribution in [-0.2, 0) is 9.47 Å². The van der Waals surface area contributed by atoms with Crippen LogP contribution in [0.1, 0.15) is 32.6 Å². The summed E-state index contributed by atoms with van der Waals surface area (Å²) in [7, 11) is 1.64. The Labute approximate surface area is 116 Å². The molecular formula is C14H29NO4. The Morgan fingerprint density at radius 2 is 2.05 bits per heavy atom. The number of likely N-dealkylation sites (tertiary alicyclic amines) is 1. The molecule has 0 radical (unpaired) electrons. The summed E-state index contributed by atoms with van der Waals surface area (Å²) >= 11 is 0. The van der Waals surface area contributed by atoms with E-state index in [4.69, 9.17) is 9.47 Å². The van der Waals surface area contributed by atoms with E-state index in [-0.39, 0.29) is 18.8 Å². The van der Waals surface area contributed by atoms with Gasteiger partial charge in [0.1, 0.15) is 0 Å². The van der Waals surface area contributed by atoms with Gasteiger partial charge in [0.15, 0.2) is 0 Å². The van der Waals surface area contributed by atoms with Crippen molar-refractivity contribution in [2.75, 3.05) is 40.0 Å². The summed E-state index contributed by atoms with van der Waals surface area (Å²) in [6.45, 7) is 4.49. The van der Waals surface area contributed by atoms with Crippen LogP contribution in [0.4, 0.5) is 0 Å². The highest BCUT2D eigenvalue weighted by Crippen LogP contribution is 2.16. The maximum Gasteiger partial charge on any atom is 0.0900 e. The zero-order valence-electron chi connectivity index (χ0n) is 12.3. The van der Waals surface area contributed by atoms with Gasteiger partial charge in [-0.15, -0.1) is 0 Å². The number of aliphatic hydroxyl groups is 2. The number of nitrogens with zero attached hydrogens (tertiary/aromatic N) is 1. The number of aliphatic hydroxyl groups excluding tert-OH is 2. The van der Waals surface area contributed by atoms with Gasteiger partial charge in [-0.25, -0.2) is 0 Å². The molecule has 1 aliphatic rings. The van der Waals surface area contributed by atoms with Crippen LogP contribution in [0.3, 0.4) is 0 Å². The predicted molar refractivity (Wildman–Crippen MR) is 74.2 cm³/mol. The fourth-order valence-corrected chi connectivity index (χ4v) is 2.57. The lowest BCUT2D eigenvalue weighted by atomic mass is 10.1. The van der Waals surface area contributed by atoms with Crippen LogP contribution in [0.15, 0.2) is 0 Å². The third-order valence-electron chi connectivity index (χ3n) is 3.63. The van der Waals surface area contributed by atoms with Crippen molar-refractivity contribution in [2.45, 2.75) is 50.9 Å². The Morgan fingerprint density at radius 3 is 2.74 bits per heavy atom. The van der Waals surface area contributed by atoms with E-state index in [1.54, 1.807) is 7.11 Å². The Kier molecular flexibility index (Phi) is 8.57. The van der Waals surface area contributed by atoms with Crippen molar-refractivity contribution in [2.24, 2.45) is 0 Å². The molecule has 3 unspecified atom stereocenters. The minimum Gasteiger partial charge on any atom is -0.395 e. The van der Waals surface area contributed by atoms with E-state index in [0.29, 0.717) is 19.8 Å². The number of methoxy groups -OCH3 is 1. The minimum atomic E-state index is -0.508. The number of β-amino-alcohol motifs (C(OH)–C–C–N with tert-alkyl or cyclic N) is 1. The van der Waals surface area contributed by atoms with E-state index >= 15 is 0 Å². The normalized spacial score (nSPS) is 24.9. The summed E-state index contributed by atoms with van der Waals surface area (Å²) in [5, 5.41) is 19.5. The van der Waals surface area contributed by atoms with E-state index < -0.39 is 6.10 Å².